The number of hydrogen-bond acceptors (Lipinski definition) is 3. The smallest absolute Gasteiger partial charge is 0.323 e. The van der Waals surface area contributed by atoms with E-state index < -0.39 is 11.5 Å². The van der Waals surface area contributed by atoms with Gasteiger partial charge in [-0.15, -0.1) is 0 Å². The van der Waals surface area contributed by atoms with Gasteiger partial charge in [0.25, 0.3) is 0 Å². The van der Waals surface area contributed by atoms with Crippen molar-refractivity contribution in [1.82, 2.24) is 10.2 Å². The van der Waals surface area contributed by atoms with Crippen molar-refractivity contribution in [1.29, 1.82) is 0 Å². The Bertz CT molecular complexity index is 308. The second-order valence-corrected chi connectivity index (χ2v) is 6.03. The van der Waals surface area contributed by atoms with E-state index in [4.69, 9.17) is 0 Å². The van der Waals surface area contributed by atoms with Crippen LogP contribution >= 0.6 is 0 Å². The van der Waals surface area contributed by atoms with E-state index in [-0.39, 0.29) is 0 Å². The van der Waals surface area contributed by atoms with Crippen LogP contribution in [0.3, 0.4) is 0 Å². The molecule has 2 N–H and O–H groups in total. The van der Waals surface area contributed by atoms with Gasteiger partial charge in [-0.05, 0) is 39.2 Å². The van der Waals surface area contributed by atoms with E-state index in [1.54, 1.807) is 0 Å². The molecule has 0 aliphatic carbocycles. The molecule has 0 aromatic rings. The molecule has 4 nitrogen and oxygen atoms in total. The van der Waals surface area contributed by atoms with E-state index in [1.807, 2.05) is 13.8 Å². The highest BCUT2D eigenvalue weighted by atomic mass is 16.4. The number of nitrogens with zero attached hydrogens (tertiary/aromatic N) is 1. The monoisotopic (exact) mass is 254 g/mol. The number of carbonyl (C=O) groups is 1. The van der Waals surface area contributed by atoms with E-state index >= 15 is 0 Å². The Balaban J connectivity index is 2.01. The van der Waals surface area contributed by atoms with Gasteiger partial charge >= 0.3 is 5.97 Å². The summed E-state index contributed by atoms with van der Waals surface area (Å²) < 4.78 is 0. The van der Waals surface area contributed by atoms with Crippen molar-refractivity contribution in [2.75, 3.05) is 13.1 Å². The predicted octanol–water partition coefficient (Wildman–Crippen LogP) is 1.85. The fourth-order valence-corrected chi connectivity index (χ4v) is 3.57. The van der Waals surface area contributed by atoms with Crippen molar-refractivity contribution in [2.45, 2.75) is 70.0 Å². The molecule has 18 heavy (non-hydrogen) atoms. The molecule has 2 aliphatic rings. The number of fused-ring (bicyclic) bond motifs is 1. The molecule has 3 atom stereocenters. The van der Waals surface area contributed by atoms with Crippen molar-refractivity contribution in [3.63, 3.8) is 0 Å². The maximum atomic E-state index is 11.5. The molecule has 0 spiro atoms. The van der Waals surface area contributed by atoms with Gasteiger partial charge in [0, 0.05) is 18.6 Å². The fourth-order valence-electron chi connectivity index (χ4n) is 3.57. The molecule has 0 radical (unpaired) electrons. The summed E-state index contributed by atoms with van der Waals surface area (Å²) in [7, 11) is 0. The van der Waals surface area contributed by atoms with Gasteiger partial charge in [-0.2, -0.15) is 0 Å². The molecule has 0 aromatic heterocycles. The number of carboxylic acids is 1. The van der Waals surface area contributed by atoms with Gasteiger partial charge in [-0.1, -0.05) is 19.8 Å². The molecule has 4 heteroatoms. The van der Waals surface area contributed by atoms with Crippen molar-refractivity contribution >= 4 is 5.97 Å². The van der Waals surface area contributed by atoms with E-state index in [9.17, 15) is 9.90 Å². The highest BCUT2D eigenvalue weighted by molar-refractivity contribution is 5.78. The third-order valence-corrected chi connectivity index (χ3v) is 4.58. The number of rotatable bonds is 5. The normalized spacial score (nSPS) is 31.9. The molecule has 0 amide bonds. The van der Waals surface area contributed by atoms with Gasteiger partial charge in [-0.3, -0.25) is 15.0 Å². The van der Waals surface area contributed by atoms with Gasteiger partial charge in [-0.25, -0.2) is 0 Å². The summed E-state index contributed by atoms with van der Waals surface area (Å²) in [6.45, 7) is 6.21. The first-order valence-corrected chi connectivity index (χ1v) is 7.32. The molecule has 0 bridgehead atoms. The fraction of sp³-hybridized carbons (Fsp3) is 0.929. The minimum absolute atomic E-state index is 0.359. The van der Waals surface area contributed by atoms with Crippen LogP contribution in [-0.2, 0) is 4.79 Å². The molecule has 2 saturated heterocycles. The molecule has 0 aromatic carbocycles. The highest BCUT2D eigenvalue weighted by Gasteiger charge is 2.41. The van der Waals surface area contributed by atoms with Crippen LogP contribution in [0.1, 0.15) is 52.4 Å². The minimum Gasteiger partial charge on any atom is -0.480 e. The molecule has 0 saturated carbocycles. The first-order valence-electron chi connectivity index (χ1n) is 7.32. The number of hydrogen-bond donors (Lipinski definition) is 2. The Morgan fingerprint density at radius 1 is 1.39 bits per heavy atom. The molecule has 2 fully saturated rings. The van der Waals surface area contributed by atoms with Gasteiger partial charge in [0.1, 0.15) is 5.54 Å². The lowest BCUT2D eigenvalue weighted by Gasteiger charge is -2.36. The van der Waals surface area contributed by atoms with Crippen LogP contribution in [0.4, 0.5) is 0 Å². The predicted molar refractivity (Wildman–Crippen MR) is 71.7 cm³/mol. The first kappa shape index (κ1) is 13.8. The van der Waals surface area contributed by atoms with Gasteiger partial charge < -0.3 is 5.11 Å². The van der Waals surface area contributed by atoms with Crippen molar-refractivity contribution in [3.05, 3.63) is 0 Å². The third-order valence-electron chi connectivity index (χ3n) is 4.58. The van der Waals surface area contributed by atoms with Crippen LogP contribution < -0.4 is 5.32 Å². The Hall–Kier alpha value is -0.610. The topological polar surface area (TPSA) is 52.6 Å². The lowest BCUT2D eigenvalue weighted by molar-refractivity contribution is -0.145. The lowest BCUT2D eigenvalue weighted by atomic mass is 9.91. The SMILES string of the molecule is CCCC(C)(NC1CCN2CCCCC12)C(=O)O. The van der Waals surface area contributed by atoms with Crippen LogP contribution in [0.2, 0.25) is 0 Å². The highest BCUT2D eigenvalue weighted by Crippen LogP contribution is 2.29. The Kier molecular flexibility index (Phi) is 4.28. The number of carboxylic acid groups (broad SMARTS) is 1. The zero-order chi connectivity index (χ0) is 13.2. The summed E-state index contributed by atoms with van der Waals surface area (Å²) in [5, 5.41) is 12.9. The Morgan fingerprint density at radius 2 is 2.17 bits per heavy atom. The summed E-state index contributed by atoms with van der Waals surface area (Å²) in [6.07, 6.45) is 6.50. The second kappa shape index (κ2) is 5.57. The molecular weight excluding hydrogens is 228 g/mol. The first-order chi connectivity index (χ1) is 8.57. The van der Waals surface area contributed by atoms with E-state index in [2.05, 4.69) is 10.2 Å². The van der Waals surface area contributed by atoms with Crippen LogP contribution in [0.25, 0.3) is 0 Å². The zero-order valence-corrected chi connectivity index (χ0v) is 11.6. The van der Waals surface area contributed by atoms with Crippen LogP contribution in [-0.4, -0.2) is 46.7 Å². The molecule has 3 unspecified atom stereocenters. The average molecular weight is 254 g/mol. The minimum atomic E-state index is -0.757. The summed E-state index contributed by atoms with van der Waals surface area (Å²) in [5.41, 5.74) is -0.757. The van der Waals surface area contributed by atoms with Gasteiger partial charge in [0.15, 0.2) is 0 Å². The Morgan fingerprint density at radius 3 is 2.83 bits per heavy atom. The lowest BCUT2D eigenvalue weighted by Crippen LogP contribution is -2.57. The maximum absolute atomic E-state index is 11.5. The van der Waals surface area contributed by atoms with Crippen molar-refractivity contribution in [3.8, 4) is 0 Å². The largest absolute Gasteiger partial charge is 0.480 e. The van der Waals surface area contributed by atoms with Crippen LogP contribution in [0, 0.1) is 0 Å². The average Bonchev–Trinajstić information content (AvgIpc) is 2.73. The standard InChI is InChI=1S/C14H26N2O2/c1-3-8-14(2,13(17)18)15-11-7-10-16-9-5-4-6-12(11)16/h11-12,15H,3-10H2,1-2H3,(H,17,18). The number of aliphatic carboxylic acids is 1. The summed E-state index contributed by atoms with van der Waals surface area (Å²) >= 11 is 0. The number of piperidine rings is 1. The van der Waals surface area contributed by atoms with E-state index in [0.717, 1.165) is 19.4 Å². The number of nitrogens with one attached hydrogen (secondary N) is 1. The molecule has 2 aliphatic heterocycles. The summed E-state index contributed by atoms with van der Waals surface area (Å²) in [6, 6.07) is 0.923. The summed E-state index contributed by atoms with van der Waals surface area (Å²) in [5.74, 6) is -0.710. The Labute approximate surface area is 110 Å². The quantitative estimate of drug-likeness (QED) is 0.786. The maximum Gasteiger partial charge on any atom is 0.323 e. The van der Waals surface area contributed by atoms with E-state index in [0.29, 0.717) is 18.5 Å². The molecular formula is C14H26N2O2. The van der Waals surface area contributed by atoms with Gasteiger partial charge in [0.2, 0.25) is 0 Å². The molecule has 2 heterocycles. The molecule has 2 rings (SSSR count). The van der Waals surface area contributed by atoms with E-state index in [1.165, 1.54) is 25.8 Å². The van der Waals surface area contributed by atoms with Crippen LogP contribution in [0.15, 0.2) is 0 Å². The third kappa shape index (κ3) is 2.69. The van der Waals surface area contributed by atoms with Gasteiger partial charge in [0.05, 0.1) is 0 Å². The summed E-state index contributed by atoms with van der Waals surface area (Å²) in [4.78, 5) is 14.0. The molecule has 104 valence electrons. The van der Waals surface area contributed by atoms with Crippen LogP contribution in [0.5, 0.6) is 0 Å². The second-order valence-electron chi connectivity index (χ2n) is 6.03. The van der Waals surface area contributed by atoms with Crippen molar-refractivity contribution in [2.24, 2.45) is 0 Å². The zero-order valence-electron chi connectivity index (χ0n) is 11.6. The van der Waals surface area contributed by atoms with Crippen molar-refractivity contribution < 1.29 is 9.90 Å².